The summed E-state index contributed by atoms with van der Waals surface area (Å²) >= 11 is 5.97. The number of rotatable bonds is 5. The normalized spacial score (nSPS) is 18.2. The van der Waals surface area contributed by atoms with Gasteiger partial charge in [0.05, 0.1) is 11.9 Å². The van der Waals surface area contributed by atoms with E-state index >= 15 is 0 Å². The van der Waals surface area contributed by atoms with E-state index < -0.39 is 24.1 Å². The quantitative estimate of drug-likeness (QED) is 0.698. The summed E-state index contributed by atoms with van der Waals surface area (Å²) in [5.74, 6) is -0.111. The number of ether oxygens (including phenoxy) is 1. The van der Waals surface area contributed by atoms with E-state index in [1.165, 1.54) is 12.1 Å². The highest BCUT2D eigenvalue weighted by molar-refractivity contribution is 6.30. The second-order valence-electron chi connectivity index (χ2n) is 7.13. The van der Waals surface area contributed by atoms with Gasteiger partial charge in [-0.1, -0.05) is 35.9 Å². The molecule has 0 spiro atoms. The van der Waals surface area contributed by atoms with Crippen LogP contribution in [0.1, 0.15) is 15.9 Å². The van der Waals surface area contributed by atoms with E-state index in [2.05, 4.69) is 15.0 Å². The van der Waals surface area contributed by atoms with Gasteiger partial charge in [0.2, 0.25) is 5.78 Å². The van der Waals surface area contributed by atoms with Crippen molar-refractivity contribution in [3.05, 3.63) is 76.2 Å². The summed E-state index contributed by atoms with van der Waals surface area (Å²) in [4.78, 5) is 21.3. The van der Waals surface area contributed by atoms with Crippen LogP contribution in [-0.4, -0.2) is 48.0 Å². The van der Waals surface area contributed by atoms with Gasteiger partial charge in [0, 0.05) is 24.2 Å². The fourth-order valence-electron chi connectivity index (χ4n) is 3.49. The maximum atomic E-state index is 13.3. The fourth-order valence-corrected chi connectivity index (χ4v) is 3.62. The minimum absolute atomic E-state index is 0.0970. The van der Waals surface area contributed by atoms with Crippen molar-refractivity contribution >= 4 is 23.6 Å². The molecule has 10 heteroatoms. The number of benzene rings is 2. The fraction of sp³-hybridized carbons (Fsp3) is 0.238. The molecule has 6 nitrogen and oxygen atoms in total. The second-order valence-corrected chi connectivity index (χ2v) is 7.56. The van der Waals surface area contributed by atoms with E-state index in [-0.39, 0.29) is 5.56 Å². The molecule has 31 heavy (non-hydrogen) atoms. The molecule has 2 aliphatic heterocycles. The standard InChI is InChI=1S/C21H18ClF3N4O2/c1-28-12-26-10-17-19(28)27-20(29(17)11-13-5-7-15(22)8-6-13)18(30)14-3-2-4-16(9-14)31-21(23,24)25/h2-10,20,27H,11-12H2,1H3. The lowest BCUT2D eigenvalue weighted by Gasteiger charge is -2.27. The highest BCUT2D eigenvalue weighted by atomic mass is 35.5. The predicted molar refractivity (Wildman–Crippen MR) is 110 cm³/mol. The zero-order chi connectivity index (χ0) is 22.2. The van der Waals surface area contributed by atoms with Crippen LogP contribution in [0.3, 0.4) is 0 Å². The van der Waals surface area contributed by atoms with Gasteiger partial charge >= 0.3 is 6.36 Å². The zero-order valence-electron chi connectivity index (χ0n) is 16.4. The summed E-state index contributed by atoms with van der Waals surface area (Å²) in [7, 11) is 1.84. The smallest absolute Gasteiger partial charge is 0.406 e. The average molecular weight is 451 g/mol. The van der Waals surface area contributed by atoms with Gasteiger partial charge in [-0.2, -0.15) is 0 Å². The van der Waals surface area contributed by atoms with Crippen molar-refractivity contribution in [1.29, 1.82) is 0 Å². The SMILES string of the molecule is CN1CN=CC2=C1NC(C(=O)c1cccc(OC(F)(F)F)c1)N2Cc1ccc(Cl)cc1. The molecule has 4 rings (SSSR count). The molecule has 2 aromatic carbocycles. The van der Waals surface area contributed by atoms with Crippen LogP contribution in [0.15, 0.2) is 65.0 Å². The molecule has 2 aliphatic rings. The van der Waals surface area contributed by atoms with Crippen LogP contribution in [0.2, 0.25) is 5.02 Å². The van der Waals surface area contributed by atoms with Gasteiger partial charge in [-0.3, -0.25) is 9.79 Å². The molecule has 1 atom stereocenters. The topological polar surface area (TPSA) is 57.2 Å². The number of Topliss-reactive ketones (excluding diaryl/α,β-unsaturated/α-hetero) is 1. The molecule has 1 N–H and O–H groups in total. The molecule has 0 saturated heterocycles. The number of nitrogens with one attached hydrogen (secondary N) is 1. The lowest BCUT2D eigenvalue weighted by atomic mass is 10.1. The number of aliphatic imine (C=N–C) groups is 1. The number of halogens is 4. The highest BCUT2D eigenvalue weighted by Crippen LogP contribution is 2.29. The molecule has 162 valence electrons. The van der Waals surface area contributed by atoms with Crippen LogP contribution in [0.4, 0.5) is 13.2 Å². The van der Waals surface area contributed by atoms with Crippen LogP contribution >= 0.6 is 11.6 Å². The van der Waals surface area contributed by atoms with Crippen molar-refractivity contribution in [2.24, 2.45) is 4.99 Å². The number of hydrogen-bond donors (Lipinski definition) is 1. The molecule has 0 bridgehead atoms. The Kier molecular flexibility index (Phi) is 5.53. The first-order valence-corrected chi connectivity index (χ1v) is 9.72. The third-order valence-electron chi connectivity index (χ3n) is 4.89. The Hall–Kier alpha value is -3.20. The van der Waals surface area contributed by atoms with Crippen LogP contribution in [0.5, 0.6) is 5.75 Å². The van der Waals surface area contributed by atoms with E-state index in [9.17, 15) is 18.0 Å². The molecular formula is C21H18ClF3N4O2. The summed E-state index contributed by atoms with van der Waals surface area (Å²) in [5, 5.41) is 3.79. The van der Waals surface area contributed by atoms with Crippen LogP contribution in [0, 0.1) is 0 Å². The van der Waals surface area contributed by atoms with Gasteiger partial charge in [-0.25, -0.2) is 0 Å². The molecule has 2 heterocycles. The van der Waals surface area contributed by atoms with Crippen LogP contribution in [-0.2, 0) is 6.54 Å². The second kappa shape index (κ2) is 8.14. The van der Waals surface area contributed by atoms with Gasteiger partial charge in [-0.05, 0) is 29.8 Å². The number of nitrogens with zero attached hydrogens (tertiary/aromatic N) is 3. The number of carbonyl (C=O) groups excluding carboxylic acids is 1. The summed E-state index contributed by atoms with van der Waals surface area (Å²) in [6.07, 6.45) is -3.98. The van der Waals surface area contributed by atoms with Crippen molar-refractivity contribution < 1.29 is 22.7 Å². The van der Waals surface area contributed by atoms with E-state index in [0.717, 1.165) is 29.2 Å². The molecule has 0 fully saturated rings. The summed E-state index contributed by atoms with van der Waals surface area (Å²) in [6, 6.07) is 12.3. The molecule has 0 aromatic heterocycles. The van der Waals surface area contributed by atoms with Crippen molar-refractivity contribution in [1.82, 2.24) is 15.1 Å². The first kappa shape index (κ1) is 21.0. The Morgan fingerprint density at radius 2 is 2.00 bits per heavy atom. The maximum Gasteiger partial charge on any atom is 0.573 e. The van der Waals surface area contributed by atoms with Gasteiger partial charge in [-0.15, -0.1) is 13.2 Å². The average Bonchev–Trinajstić information content (AvgIpc) is 3.08. The third-order valence-corrected chi connectivity index (χ3v) is 5.14. The summed E-state index contributed by atoms with van der Waals surface area (Å²) in [5.41, 5.74) is 1.73. The Labute approximate surface area is 181 Å². The van der Waals surface area contributed by atoms with Crippen LogP contribution in [0.25, 0.3) is 0 Å². The first-order valence-electron chi connectivity index (χ1n) is 9.34. The molecular weight excluding hydrogens is 433 g/mol. The lowest BCUT2D eigenvalue weighted by Crippen LogP contribution is -2.44. The van der Waals surface area contributed by atoms with Gasteiger partial charge in [0.1, 0.15) is 18.2 Å². The largest absolute Gasteiger partial charge is 0.573 e. The number of allylic oxidation sites excluding steroid dienone is 1. The summed E-state index contributed by atoms with van der Waals surface area (Å²) < 4.78 is 41.7. The number of hydrogen-bond acceptors (Lipinski definition) is 6. The highest BCUT2D eigenvalue weighted by Gasteiger charge is 2.38. The van der Waals surface area contributed by atoms with Crippen molar-refractivity contribution in [3.8, 4) is 5.75 Å². The molecule has 1 unspecified atom stereocenters. The minimum atomic E-state index is -4.84. The van der Waals surface area contributed by atoms with E-state index in [4.69, 9.17) is 11.6 Å². The van der Waals surface area contributed by atoms with Crippen molar-refractivity contribution in [2.45, 2.75) is 19.1 Å². The first-order chi connectivity index (χ1) is 14.7. The van der Waals surface area contributed by atoms with Gasteiger partial charge in [0.25, 0.3) is 0 Å². The minimum Gasteiger partial charge on any atom is -0.406 e. The number of carbonyl (C=O) groups is 1. The Bertz CT molecular complexity index is 1050. The van der Waals surface area contributed by atoms with Crippen molar-refractivity contribution in [3.63, 3.8) is 0 Å². The zero-order valence-corrected chi connectivity index (χ0v) is 17.1. The monoisotopic (exact) mass is 450 g/mol. The molecule has 0 amide bonds. The van der Waals surface area contributed by atoms with E-state index in [1.807, 2.05) is 29.0 Å². The Morgan fingerprint density at radius 3 is 2.71 bits per heavy atom. The van der Waals surface area contributed by atoms with Crippen LogP contribution < -0.4 is 10.1 Å². The number of alkyl halides is 3. The predicted octanol–water partition coefficient (Wildman–Crippen LogP) is 4.00. The maximum absolute atomic E-state index is 13.3. The Balaban J connectivity index is 1.64. The van der Waals surface area contributed by atoms with E-state index in [0.29, 0.717) is 18.2 Å². The molecule has 0 saturated carbocycles. The Morgan fingerprint density at radius 1 is 1.26 bits per heavy atom. The molecule has 0 radical (unpaired) electrons. The molecule has 2 aromatic rings. The lowest BCUT2D eigenvalue weighted by molar-refractivity contribution is -0.274. The molecule has 0 aliphatic carbocycles. The van der Waals surface area contributed by atoms with E-state index in [1.54, 1.807) is 18.3 Å². The third kappa shape index (κ3) is 4.61. The van der Waals surface area contributed by atoms with Gasteiger partial charge < -0.3 is 19.9 Å². The summed E-state index contributed by atoms with van der Waals surface area (Å²) in [6.45, 7) is 0.800. The number of ketones is 1. The van der Waals surface area contributed by atoms with Gasteiger partial charge in [0.15, 0.2) is 6.17 Å². The van der Waals surface area contributed by atoms with Crippen molar-refractivity contribution in [2.75, 3.05) is 13.7 Å².